The first-order valence-electron chi connectivity index (χ1n) is 10.8. The van der Waals surface area contributed by atoms with Gasteiger partial charge in [0.15, 0.2) is 11.9 Å². The molecule has 1 amide bonds. The summed E-state index contributed by atoms with van der Waals surface area (Å²) in [6.45, 7) is 5.51. The van der Waals surface area contributed by atoms with Crippen molar-refractivity contribution in [2.75, 3.05) is 0 Å². The van der Waals surface area contributed by atoms with Gasteiger partial charge in [0.05, 0.1) is 6.42 Å². The number of Topliss-reactive ketones (excluding diaryl/α,β-unsaturated/α-hetero) is 1. The van der Waals surface area contributed by atoms with Crippen LogP contribution in [0.15, 0.2) is 6.07 Å². The van der Waals surface area contributed by atoms with E-state index in [0.29, 0.717) is 5.56 Å². The van der Waals surface area contributed by atoms with E-state index in [0.717, 1.165) is 46.8 Å². The van der Waals surface area contributed by atoms with Gasteiger partial charge < -0.3 is 10.1 Å². The third-order valence-corrected chi connectivity index (χ3v) is 7.97. The fourth-order valence-electron chi connectivity index (χ4n) is 6.19. The van der Waals surface area contributed by atoms with Crippen molar-refractivity contribution >= 4 is 29.0 Å². The maximum Gasteiger partial charge on any atom is 0.307 e. The van der Waals surface area contributed by atoms with Gasteiger partial charge in [0.25, 0.3) is 5.91 Å². The first kappa shape index (κ1) is 20.6. The average molecular weight is 418 g/mol. The SMILES string of the molecule is Cc1cc(C(=O)CCC(=O)O[C@@H](C)C(=O)NC23CC4CC(CC(C4)C2)C3)c(C)s1. The number of hydrogen-bond donors (Lipinski definition) is 1. The fraction of sp³-hybridized carbons (Fsp3) is 0.696. The average Bonchev–Trinajstić information content (AvgIpc) is 2.96. The molecule has 0 radical (unpaired) electrons. The lowest BCUT2D eigenvalue weighted by atomic mass is 9.53. The molecule has 4 aliphatic carbocycles. The molecule has 29 heavy (non-hydrogen) atoms. The van der Waals surface area contributed by atoms with Crippen LogP contribution < -0.4 is 5.32 Å². The van der Waals surface area contributed by atoms with Crippen LogP contribution in [0.4, 0.5) is 0 Å². The Balaban J connectivity index is 1.26. The molecule has 4 saturated carbocycles. The summed E-state index contributed by atoms with van der Waals surface area (Å²) in [6.07, 6.45) is 6.44. The van der Waals surface area contributed by atoms with Crippen LogP contribution in [0.3, 0.4) is 0 Å². The van der Waals surface area contributed by atoms with E-state index in [-0.39, 0.29) is 30.1 Å². The highest BCUT2D eigenvalue weighted by molar-refractivity contribution is 7.12. The molecule has 5 rings (SSSR count). The molecule has 4 bridgehead atoms. The number of hydrogen-bond acceptors (Lipinski definition) is 5. The van der Waals surface area contributed by atoms with Crippen molar-refractivity contribution in [1.29, 1.82) is 0 Å². The molecular weight excluding hydrogens is 386 g/mol. The normalized spacial score (nSPS) is 30.8. The summed E-state index contributed by atoms with van der Waals surface area (Å²) in [7, 11) is 0. The van der Waals surface area contributed by atoms with Gasteiger partial charge in [-0.3, -0.25) is 14.4 Å². The molecule has 0 spiro atoms. The summed E-state index contributed by atoms with van der Waals surface area (Å²) in [5.74, 6) is 1.50. The van der Waals surface area contributed by atoms with Crippen LogP contribution in [0.25, 0.3) is 0 Å². The predicted molar refractivity (Wildman–Crippen MR) is 112 cm³/mol. The second-order valence-electron chi connectivity index (χ2n) is 9.57. The zero-order chi connectivity index (χ0) is 20.8. The molecule has 4 aliphatic rings. The largest absolute Gasteiger partial charge is 0.453 e. The van der Waals surface area contributed by atoms with Crippen molar-refractivity contribution in [3.63, 3.8) is 0 Å². The van der Waals surface area contributed by atoms with Crippen molar-refractivity contribution in [1.82, 2.24) is 5.32 Å². The standard InChI is InChI=1S/C23H31NO4S/c1-13-6-19(15(3)29-13)20(25)4-5-21(26)28-14(2)22(27)24-23-10-16-7-17(11-23)9-18(8-16)12-23/h6,14,16-18H,4-5,7-12H2,1-3H3,(H,24,27)/t14-,16?,17?,18?,23?/m0/s1. The van der Waals surface area contributed by atoms with Gasteiger partial charge in [0, 0.05) is 27.3 Å². The number of carbonyl (C=O) groups is 3. The van der Waals surface area contributed by atoms with Gasteiger partial charge in [0.2, 0.25) is 0 Å². The maximum atomic E-state index is 12.7. The number of rotatable bonds is 7. The summed E-state index contributed by atoms with van der Waals surface area (Å²) >= 11 is 1.58. The van der Waals surface area contributed by atoms with Gasteiger partial charge in [-0.05, 0) is 83.1 Å². The maximum absolute atomic E-state index is 12.7. The zero-order valence-electron chi connectivity index (χ0n) is 17.6. The van der Waals surface area contributed by atoms with E-state index in [1.165, 1.54) is 19.3 Å². The minimum Gasteiger partial charge on any atom is -0.453 e. The van der Waals surface area contributed by atoms with Crippen molar-refractivity contribution in [2.45, 2.75) is 83.8 Å². The number of ether oxygens (including phenoxy) is 1. The van der Waals surface area contributed by atoms with E-state index in [9.17, 15) is 14.4 Å². The Bertz CT molecular complexity index is 792. The molecule has 6 heteroatoms. The topological polar surface area (TPSA) is 72.5 Å². The number of ketones is 1. The number of thiophene rings is 1. The van der Waals surface area contributed by atoms with Gasteiger partial charge in [-0.2, -0.15) is 0 Å². The molecular formula is C23H31NO4S. The number of carbonyl (C=O) groups excluding carboxylic acids is 3. The van der Waals surface area contributed by atoms with E-state index >= 15 is 0 Å². The molecule has 158 valence electrons. The zero-order valence-corrected chi connectivity index (χ0v) is 18.4. The summed E-state index contributed by atoms with van der Waals surface area (Å²) in [4.78, 5) is 39.3. The molecule has 4 fully saturated rings. The van der Waals surface area contributed by atoms with Crippen LogP contribution in [0.5, 0.6) is 0 Å². The predicted octanol–water partition coefficient (Wildman–Crippen LogP) is 4.34. The van der Waals surface area contributed by atoms with Gasteiger partial charge in [-0.15, -0.1) is 11.3 Å². The Morgan fingerprint density at radius 3 is 2.21 bits per heavy atom. The monoisotopic (exact) mass is 417 g/mol. The second-order valence-corrected chi connectivity index (χ2v) is 11.0. The minimum absolute atomic E-state index is 0.00214. The van der Waals surface area contributed by atoms with Crippen molar-refractivity contribution in [3.05, 3.63) is 21.4 Å². The van der Waals surface area contributed by atoms with Crippen LogP contribution in [0.1, 0.15) is 78.4 Å². The van der Waals surface area contributed by atoms with Gasteiger partial charge >= 0.3 is 5.97 Å². The summed E-state index contributed by atoms with van der Waals surface area (Å²) in [5.41, 5.74) is 0.601. The Kier molecular flexibility index (Phi) is 5.58. The smallest absolute Gasteiger partial charge is 0.307 e. The molecule has 0 aliphatic heterocycles. The number of amides is 1. The van der Waals surface area contributed by atoms with Gasteiger partial charge in [0.1, 0.15) is 0 Å². The Morgan fingerprint density at radius 2 is 1.69 bits per heavy atom. The molecule has 0 aromatic carbocycles. The molecule has 1 heterocycles. The fourth-order valence-corrected chi connectivity index (χ4v) is 7.14. The van der Waals surface area contributed by atoms with Crippen molar-refractivity contribution in [2.24, 2.45) is 17.8 Å². The van der Waals surface area contributed by atoms with E-state index < -0.39 is 12.1 Å². The van der Waals surface area contributed by atoms with Gasteiger partial charge in [-0.25, -0.2) is 0 Å². The van der Waals surface area contributed by atoms with Crippen LogP contribution in [-0.4, -0.2) is 29.3 Å². The van der Waals surface area contributed by atoms with E-state index in [4.69, 9.17) is 4.74 Å². The molecule has 1 N–H and O–H groups in total. The van der Waals surface area contributed by atoms with E-state index in [1.54, 1.807) is 18.3 Å². The summed E-state index contributed by atoms with van der Waals surface area (Å²) in [6, 6.07) is 1.87. The highest BCUT2D eigenvalue weighted by Crippen LogP contribution is 2.55. The first-order valence-corrected chi connectivity index (χ1v) is 11.7. The van der Waals surface area contributed by atoms with Crippen LogP contribution >= 0.6 is 11.3 Å². The summed E-state index contributed by atoms with van der Waals surface area (Å²) < 4.78 is 5.35. The van der Waals surface area contributed by atoms with Crippen LogP contribution in [0, 0.1) is 31.6 Å². The number of nitrogens with one attached hydrogen (secondary N) is 1. The molecule has 0 saturated heterocycles. The Labute approximate surface area is 176 Å². The van der Waals surface area contributed by atoms with Crippen molar-refractivity contribution < 1.29 is 19.1 Å². The molecule has 1 aromatic rings. The van der Waals surface area contributed by atoms with Crippen LogP contribution in [0.2, 0.25) is 0 Å². The molecule has 1 atom stereocenters. The summed E-state index contributed by atoms with van der Waals surface area (Å²) in [5, 5.41) is 3.25. The lowest BCUT2D eigenvalue weighted by molar-refractivity contribution is -0.156. The first-order chi connectivity index (χ1) is 13.7. The highest BCUT2D eigenvalue weighted by Gasteiger charge is 2.51. The molecule has 5 nitrogen and oxygen atoms in total. The lowest BCUT2D eigenvalue weighted by Gasteiger charge is -2.57. The minimum atomic E-state index is -0.823. The van der Waals surface area contributed by atoms with E-state index in [1.807, 2.05) is 19.9 Å². The third kappa shape index (κ3) is 4.42. The quantitative estimate of drug-likeness (QED) is 0.529. The number of aryl methyl sites for hydroxylation is 2. The van der Waals surface area contributed by atoms with E-state index in [2.05, 4.69) is 5.32 Å². The second kappa shape index (κ2) is 7.86. The highest BCUT2D eigenvalue weighted by atomic mass is 32.1. The molecule has 0 unspecified atom stereocenters. The Hall–Kier alpha value is -1.69. The third-order valence-electron chi connectivity index (χ3n) is 7.00. The van der Waals surface area contributed by atoms with Crippen molar-refractivity contribution in [3.8, 4) is 0 Å². The lowest BCUT2D eigenvalue weighted by Crippen LogP contribution is -2.61. The van der Waals surface area contributed by atoms with Gasteiger partial charge in [-0.1, -0.05) is 0 Å². The van der Waals surface area contributed by atoms with Crippen LogP contribution in [-0.2, 0) is 14.3 Å². The Morgan fingerprint density at radius 1 is 1.10 bits per heavy atom. The number of esters is 1. The molecule has 1 aromatic heterocycles.